The minimum Gasteiger partial charge on any atom is -0.328 e. The van der Waals surface area contributed by atoms with E-state index in [1.54, 1.807) is 6.07 Å². The average molecular weight is 666 g/mol. The molecule has 5 nitrogen and oxygen atoms in total. The van der Waals surface area contributed by atoms with Crippen LogP contribution in [0.4, 0.5) is 0 Å². The minimum absolute atomic E-state index is 0. The van der Waals surface area contributed by atoms with Crippen LogP contribution in [0.15, 0.2) is 121 Å². The molecule has 0 bridgehead atoms. The topological polar surface area (TPSA) is 87.2 Å². The van der Waals surface area contributed by atoms with Crippen LogP contribution in [0.5, 0.6) is 0 Å². The molecule has 0 amide bonds. The normalized spacial score (nSPS) is 9.00. The second-order valence-corrected chi connectivity index (χ2v) is 12.6. The van der Waals surface area contributed by atoms with E-state index in [4.69, 9.17) is 20.6 Å². The van der Waals surface area contributed by atoms with E-state index < -0.39 is 20.9 Å². The van der Waals surface area contributed by atoms with Crippen LogP contribution in [-0.2, 0) is 34.1 Å². The third-order valence-electron chi connectivity index (χ3n) is 5.11. The van der Waals surface area contributed by atoms with E-state index in [9.17, 15) is 0 Å². The van der Waals surface area contributed by atoms with Crippen LogP contribution in [0.1, 0.15) is 6.92 Å². The maximum Gasteiger partial charge on any atom is 0.291 e. The Bertz CT molecular complexity index is 1010. The first kappa shape index (κ1) is 38.0. The van der Waals surface area contributed by atoms with Crippen LogP contribution < -0.4 is 21.2 Å². The Kier molecular flexibility index (Phi) is 22.9. The zero-order valence-electron chi connectivity index (χ0n) is 20.9. The van der Waals surface area contributed by atoms with Gasteiger partial charge in [0.2, 0.25) is 0 Å². The van der Waals surface area contributed by atoms with Gasteiger partial charge in [0.05, 0.1) is 43.1 Å². The van der Waals surface area contributed by atoms with Gasteiger partial charge in [0, 0.05) is 41.1 Å². The predicted molar refractivity (Wildman–Crippen MR) is 162 cm³/mol. The van der Waals surface area contributed by atoms with E-state index in [2.05, 4.69) is 121 Å². The van der Waals surface area contributed by atoms with Gasteiger partial charge in [-0.15, -0.1) is 10.1 Å². The molecule has 4 aromatic rings. The molecule has 0 saturated heterocycles. The fourth-order valence-electron chi connectivity index (χ4n) is 3.72. The van der Waals surface area contributed by atoms with E-state index in [0.29, 0.717) is 0 Å². The van der Waals surface area contributed by atoms with Crippen molar-refractivity contribution in [2.24, 2.45) is 0 Å². The van der Waals surface area contributed by atoms with E-state index in [-0.39, 0.29) is 44.0 Å². The van der Waals surface area contributed by atoms with Crippen LogP contribution in [0.25, 0.3) is 0 Å². The van der Waals surface area contributed by atoms with Gasteiger partial charge in [0.25, 0.3) is 5.09 Å². The van der Waals surface area contributed by atoms with Crippen molar-refractivity contribution in [1.82, 2.24) is 0 Å². The molecule has 1 atom stereocenters. The molecular weight excluding hydrogens is 632 g/mol. The zero-order valence-corrected chi connectivity index (χ0v) is 26.2. The molecular formula is C28H33Cu2N2O3P3+2. The number of nitriles is 1. The molecule has 0 aromatic heterocycles. The number of rotatable bonds is 7. The van der Waals surface area contributed by atoms with Crippen molar-refractivity contribution in [1.29, 1.82) is 5.26 Å². The van der Waals surface area contributed by atoms with Gasteiger partial charge in [-0.3, -0.25) is 0 Å². The van der Waals surface area contributed by atoms with Gasteiger partial charge >= 0.3 is 0 Å². The molecule has 208 valence electrons. The molecule has 4 aromatic carbocycles. The minimum atomic E-state index is -1.50. The Hall–Kier alpha value is -2.10. The van der Waals surface area contributed by atoms with E-state index in [0.717, 1.165) is 0 Å². The molecule has 0 aliphatic heterocycles. The molecule has 0 aliphatic rings. The Morgan fingerprint density at radius 2 is 0.816 bits per heavy atom. The Morgan fingerprint density at radius 1 is 0.658 bits per heavy atom. The van der Waals surface area contributed by atoms with Gasteiger partial charge in [-0.05, 0) is 48.5 Å². The van der Waals surface area contributed by atoms with Crippen molar-refractivity contribution < 1.29 is 44.4 Å². The van der Waals surface area contributed by atoms with E-state index >= 15 is 0 Å². The van der Waals surface area contributed by atoms with E-state index in [1.165, 1.54) is 40.5 Å². The largest absolute Gasteiger partial charge is 0.328 e. The molecule has 38 heavy (non-hydrogen) atoms. The van der Waals surface area contributed by atoms with Gasteiger partial charge in [-0.1, -0.05) is 72.8 Å². The number of benzene rings is 4. The van der Waals surface area contributed by atoms with Gasteiger partial charge in [-0.25, -0.2) is 0 Å². The Labute approximate surface area is 252 Å². The summed E-state index contributed by atoms with van der Waals surface area (Å²) in [5.41, 5.74) is 0. The molecule has 0 aliphatic carbocycles. The summed E-state index contributed by atoms with van der Waals surface area (Å²) in [6.45, 7) is 1.43. The summed E-state index contributed by atoms with van der Waals surface area (Å²) < 4.78 is 0. The first-order valence-corrected chi connectivity index (χ1v) is 14.6. The summed E-state index contributed by atoms with van der Waals surface area (Å²) in [5, 5.41) is 27.0. The number of nitrogens with zero attached hydrogens (tertiary/aromatic N) is 2. The molecule has 1 unspecified atom stereocenters. The summed E-state index contributed by atoms with van der Waals surface area (Å²) in [6, 6.07) is 46.3. The van der Waals surface area contributed by atoms with Gasteiger partial charge in [0.1, 0.15) is 12.3 Å². The van der Waals surface area contributed by atoms with Crippen LogP contribution in [0.3, 0.4) is 0 Å². The van der Waals surface area contributed by atoms with Gasteiger partial charge in [-0.2, -0.15) is 15.2 Å². The molecule has 0 fully saturated rings. The number of hydrogen-bond donors (Lipinski definition) is 1. The quantitative estimate of drug-likeness (QED) is 0.131. The summed E-state index contributed by atoms with van der Waals surface area (Å²) in [6.07, 6.45) is 2.52. The van der Waals surface area contributed by atoms with Crippen LogP contribution in [0, 0.1) is 21.4 Å². The van der Waals surface area contributed by atoms with E-state index in [1.807, 2.05) is 0 Å². The van der Waals surface area contributed by atoms with Crippen molar-refractivity contribution in [3.05, 3.63) is 131 Å². The fourth-order valence-corrected chi connectivity index (χ4v) is 9.92. The average Bonchev–Trinajstić information content (AvgIpc) is 2.89. The van der Waals surface area contributed by atoms with Crippen LogP contribution in [-0.4, -0.2) is 22.6 Å². The smallest absolute Gasteiger partial charge is 0.291 e. The summed E-state index contributed by atoms with van der Waals surface area (Å²) in [5.74, 6) is 0. The maximum absolute atomic E-state index is 8.36. The van der Waals surface area contributed by atoms with Crippen LogP contribution >= 0.6 is 25.7 Å². The van der Waals surface area contributed by atoms with Crippen molar-refractivity contribution in [3.63, 3.8) is 0 Å². The van der Waals surface area contributed by atoms with Crippen molar-refractivity contribution in [2.75, 3.05) is 12.3 Å². The molecule has 1 N–H and O–H groups in total. The summed E-state index contributed by atoms with van der Waals surface area (Å²) >= 11 is 0. The first-order valence-electron chi connectivity index (χ1n) is 11.1. The molecule has 0 spiro atoms. The summed E-state index contributed by atoms with van der Waals surface area (Å²) in [7, 11) is -1.57. The van der Waals surface area contributed by atoms with Crippen LogP contribution in [0.2, 0.25) is 0 Å². The van der Waals surface area contributed by atoms with Gasteiger partial charge < -0.3 is 5.21 Å². The number of hydrogen-bond acceptors (Lipinski definition) is 3. The van der Waals surface area contributed by atoms with Crippen molar-refractivity contribution in [2.45, 2.75) is 6.92 Å². The molecule has 4 rings (SSSR count). The second-order valence-electron chi connectivity index (χ2n) is 7.38. The maximum atomic E-state index is 8.36. The molecule has 10 heteroatoms. The first-order chi connectivity index (χ1) is 17.1. The standard InChI is InChI=1S/C26H24P2.C2H3N.2Cu.HNO3.H3P/c1-5-13-23(14-6-1)27(24-15-7-2-8-16-24)21-22-28(25-17-9-3-10-18-25)26-19-11-4-12-20-26;1-2-3;;;2-1(3)4;/h1-20H,21-22H2;1H3;;;(H,2,3,4);1H3/p+2. The SMILES string of the molecule is CC#N.O=[N+]([O-])O.P.[Cu].[Cu].c1ccc([PH+](CC[PH+](c2ccccc2)c2ccccc2)c2ccccc2)cc1. The van der Waals surface area contributed by atoms with Crippen molar-refractivity contribution in [3.8, 4) is 6.07 Å². The predicted octanol–water partition coefficient (Wildman–Crippen LogP) is 4.95. The zero-order chi connectivity index (χ0) is 25.3. The Balaban J connectivity index is 0. The third kappa shape index (κ3) is 14.2. The third-order valence-corrected chi connectivity index (χ3v) is 11.2. The fraction of sp³-hybridized carbons (Fsp3) is 0.107. The monoisotopic (exact) mass is 664 g/mol. The van der Waals surface area contributed by atoms with Gasteiger partial charge in [0.15, 0.2) is 0 Å². The van der Waals surface area contributed by atoms with Crippen molar-refractivity contribution >= 4 is 47.0 Å². The molecule has 0 saturated carbocycles. The summed E-state index contributed by atoms with van der Waals surface area (Å²) in [4.78, 5) is 8.36. The molecule has 2 radical (unpaired) electrons. The second kappa shape index (κ2) is 22.8. The Morgan fingerprint density at radius 3 is 0.974 bits per heavy atom. The molecule has 0 heterocycles.